The molecule has 1 saturated carbocycles. The van der Waals surface area contributed by atoms with Crippen LogP contribution in [0.1, 0.15) is 78.2 Å². The van der Waals surface area contributed by atoms with Gasteiger partial charge in [0.15, 0.2) is 0 Å². The minimum atomic E-state index is -0.0321. The Morgan fingerprint density at radius 1 is 1.08 bits per heavy atom. The second-order valence-corrected chi connectivity index (χ2v) is 8.45. The topological polar surface area (TPSA) is 49.4 Å². The minimum Gasteiger partial charge on any atom is -0.339 e. The first-order valence-corrected chi connectivity index (χ1v) is 9.95. The summed E-state index contributed by atoms with van der Waals surface area (Å²) in [6.07, 6.45) is 7.34. The largest absolute Gasteiger partial charge is 0.339 e. The Morgan fingerprint density at radius 3 is 2.27 bits per heavy atom. The van der Waals surface area contributed by atoms with E-state index in [0.29, 0.717) is 19.0 Å². The van der Waals surface area contributed by atoms with Crippen LogP contribution in [0.2, 0.25) is 0 Å². The average molecular weight is 359 g/mol. The van der Waals surface area contributed by atoms with Gasteiger partial charge in [-0.2, -0.15) is 0 Å². The Kier molecular flexibility index (Phi) is 7.24. The fraction of sp³-hybridized carbons (Fsp3) is 0.636. The van der Waals surface area contributed by atoms with Crippen LogP contribution in [0.15, 0.2) is 24.3 Å². The van der Waals surface area contributed by atoms with Crippen LogP contribution in [0.3, 0.4) is 0 Å². The minimum absolute atomic E-state index is 0.0263. The highest BCUT2D eigenvalue weighted by atomic mass is 16.2. The molecule has 0 aromatic heterocycles. The first kappa shape index (κ1) is 20.5. The summed E-state index contributed by atoms with van der Waals surface area (Å²) < 4.78 is 0. The Morgan fingerprint density at radius 2 is 1.69 bits per heavy atom. The van der Waals surface area contributed by atoms with Crippen LogP contribution in [0.5, 0.6) is 0 Å². The number of anilines is 1. The molecule has 4 nitrogen and oxygen atoms in total. The number of carbonyl (C=O) groups is 2. The lowest BCUT2D eigenvalue weighted by Gasteiger charge is -2.30. The van der Waals surface area contributed by atoms with Crippen molar-refractivity contribution in [3.63, 3.8) is 0 Å². The second-order valence-electron chi connectivity index (χ2n) is 8.45. The van der Waals surface area contributed by atoms with Gasteiger partial charge in [-0.15, -0.1) is 0 Å². The molecule has 1 aromatic carbocycles. The van der Waals surface area contributed by atoms with Crippen molar-refractivity contribution in [3.8, 4) is 0 Å². The van der Waals surface area contributed by atoms with Gasteiger partial charge >= 0.3 is 0 Å². The monoisotopic (exact) mass is 358 g/mol. The van der Waals surface area contributed by atoms with Crippen molar-refractivity contribution in [2.45, 2.75) is 84.1 Å². The predicted molar refractivity (Wildman–Crippen MR) is 107 cm³/mol. The summed E-state index contributed by atoms with van der Waals surface area (Å²) in [7, 11) is 0. The molecular formula is C22H34N2O2. The number of nitrogens with one attached hydrogen (secondary N) is 1. The van der Waals surface area contributed by atoms with E-state index in [1.165, 1.54) is 25.7 Å². The van der Waals surface area contributed by atoms with E-state index in [1.807, 2.05) is 23.1 Å². The summed E-state index contributed by atoms with van der Waals surface area (Å²) >= 11 is 0. The third-order valence-electron chi connectivity index (χ3n) is 5.26. The highest BCUT2D eigenvalue weighted by molar-refractivity contribution is 5.92. The molecule has 0 spiro atoms. The van der Waals surface area contributed by atoms with Crippen molar-refractivity contribution in [1.29, 1.82) is 0 Å². The van der Waals surface area contributed by atoms with Crippen LogP contribution < -0.4 is 5.32 Å². The van der Waals surface area contributed by atoms with Gasteiger partial charge in [-0.1, -0.05) is 64.7 Å². The van der Waals surface area contributed by atoms with Crippen molar-refractivity contribution in [3.05, 3.63) is 29.8 Å². The summed E-state index contributed by atoms with van der Waals surface area (Å²) in [6, 6.07) is 8.25. The molecule has 1 aliphatic carbocycles. The van der Waals surface area contributed by atoms with Crippen molar-refractivity contribution in [2.75, 3.05) is 11.9 Å². The van der Waals surface area contributed by atoms with Crippen molar-refractivity contribution >= 4 is 17.5 Å². The molecule has 4 heteroatoms. The molecule has 0 radical (unpaired) electrons. The molecule has 1 N–H and O–H groups in total. The van der Waals surface area contributed by atoms with Crippen LogP contribution >= 0.6 is 0 Å². The predicted octanol–water partition coefficient (Wildman–Crippen LogP) is 4.88. The number of carbonyl (C=O) groups excluding carboxylic acids is 2. The third kappa shape index (κ3) is 5.86. The first-order chi connectivity index (χ1) is 12.3. The second kappa shape index (κ2) is 9.20. The number of rotatable bonds is 5. The maximum Gasteiger partial charge on any atom is 0.226 e. The van der Waals surface area contributed by atoms with Gasteiger partial charge in [0.05, 0.1) is 0 Å². The lowest BCUT2D eigenvalue weighted by Crippen LogP contribution is -2.40. The van der Waals surface area contributed by atoms with E-state index < -0.39 is 0 Å². The van der Waals surface area contributed by atoms with E-state index in [9.17, 15) is 9.59 Å². The fourth-order valence-electron chi connectivity index (χ4n) is 3.85. The number of nitrogens with zero attached hydrogens (tertiary/aromatic N) is 1. The SMILES string of the molecule is CC(=O)N(CCC(=O)Nc1ccccc1C(C)(C)C)C1CCCCCC1. The quantitative estimate of drug-likeness (QED) is 0.762. The molecule has 0 atom stereocenters. The lowest BCUT2D eigenvalue weighted by atomic mass is 9.86. The van der Waals surface area contributed by atoms with Crippen LogP contribution in [0, 0.1) is 0 Å². The summed E-state index contributed by atoms with van der Waals surface area (Å²) in [5.41, 5.74) is 1.96. The van der Waals surface area contributed by atoms with Gasteiger partial charge < -0.3 is 10.2 Å². The highest BCUT2D eigenvalue weighted by Gasteiger charge is 2.23. The molecule has 2 rings (SSSR count). The average Bonchev–Trinajstić information content (AvgIpc) is 2.83. The maximum absolute atomic E-state index is 12.5. The molecule has 0 aliphatic heterocycles. The zero-order valence-corrected chi connectivity index (χ0v) is 16.8. The zero-order chi connectivity index (χ0) is 19.2. The van der Waals surface area contributed by atoms with E-state index in [1.54, 1.807) is 6.92 Å². The number of amides is 2. The van der Waals surface area contributed by atoms with Gasteiger partial charge in [-0.3, -0.25) is 9.59 Å². The van der Waals surface area contributed by atoms with E-state index in [4.69, 9.17) is 0 Å². The van der Waals surface area contributed by atoms with Gasteiger partial charge in [-0.25, -0.2) is 0 Å². The van der Waals surface area contributed by atoms with Crippen LogP contribution in [0.25, 0.3) is 0 Å². The van der Waals surface area contributed by atoms with Gasteiger partial charge in [0.2, 0.25) is 11.8 Å². The first-order valence-electron chi connectivity index (χ1n) is 9.95. The number of hydrogen-bond donors (Lipinski definition) is 1. The lowest BCUT2D eigenvalue weighted by molar-refractivity contribution is -0.131. The molecule has 1 aliphatic rings. The van der Waals surface area contributed by atoms with Gasteiger partial charge in [0.1, 0.15) is 0 Å². The summed E-state index contributed by atoms with van der Waals surface area (Å²) in [6.45, 7) is 8.55. The summed E-state index contributed by atoms with van der Waals surface area (Å²) in [5.74, 6) is 0.0568. The van der Waals surface area contributed by atoms with E-state index in [-0.39, 0.29) is 17.2 Å². The van der Waals surface area contributed by atoms with Crippen molar-refractivity contribution in [2.24, 2.45) is 0 Å². The van der Waals surface area contributed by atoms with Crippen LogP contribution in [-0.2, 0) is 15.0 Å². The van der Waals surface area contributed by atoms with Gasteiger partial charge in [-0.05, 0) is 29.9 Å². The summed E-state index contributed by atoms with van der Waals surface area (Å²) in [4.78, 5) is 26.5. The number of benzene rings is 1. The normalized spacial score (nSPS) is 16.0. The Labute approximate surface area is 158 Å². The fourth-order valence-corrected chi connectivity index (χ4v) is 3.85. The Bertz CT molecular complexity index is 611. The molecule has 1 fully saturated rings. The van der Waals surface area contributed by atoms with E-state index in [2.05, 4.69) is 32.2 Å². The zero-order valence-electron chi connectivity index (χ0n) is 16.8. The molecule has 1 aromatic rings. The molecule has 0 bridgehead atoms. The standard InChI is InChI=1S/C22H34N2O2/c1-17(25)24(18-11-7-5-6-8-12-18)16-15-21(26)23-20-14-10-9-13-19(20)22(2,3)4/h9-10,13-14,18H,5-8,11-12,15-16H2,1-4H3,(H,23,26). The van der Waals surface area contributed by atoms with Crippen molar-refractivity contribution < 1.29 is 9.59 Å². The molecular weight excluding hydrogens is 324 g/mol. The van der Waals surface area contributed by atoms with Gasteiger partial charge in [0, 0.05) is 31.6 Å². The maximum atomic E-state index is 12.5. The highest BCUT2D eigenvalue weighted by Crippen LogP contribution is 2.29. The Hall–Kier alpha value is -1.84. The Balaban J connectivity index is 1.97. The van der Waals surface area contributed by atoms with Crippen LogP contribution in [-0.4, -0.2) is 29.3 Å². The van der Waals surface area contributed by atoms with Crippen LogP contribution in [0.4, 0.5) is 5.69 Å². The molecule has 2 amide bonds. The molecule has 0 heterocycles. The van der Waals surface area contributed by atoms with Gasteiger partial charge in [0.25, 0.3) is 0 Å². The summed E-state index contributed by atoms with van der Waals surface area (Å²) in [5, 5.41) is 3.05. The molecule has 144 valence electrons. The van der Waals surface area contributed by atoms with Crippen molar-refractivity contribution in [1.82, 2.24) is 4.90 Å². The molecule has 0 unspecified atom stereocenters. The molecule has 26 heavy (non-hydrogen) atoms. The third-order valence-corrected chi connectivity index (χ3v) is 5.26. The number of hydrogen-bond acceptors (Lipinski definition) is 2. The van der Waals surface area contributed by atoms with E-state index >= 15 is 0 Å². The van der Waals surface area contributed by atoms with E-state index in [0.717, 1.165) is 24.1 Å². The molecule has 0 saturated heterocycles. The smallest absolute Gasteiger partial charge is 0.226 e. The number of para-hydroxylation sites is 1.